The van der Waals surface area contributed by atoms with Gasteiger partial charge in [-0.15, -0.1) is 0 Å². The van der Waals surface area contributed by atoms with Crippen molar-refractivity contribution in [3.8, 4) is 0 Å². The van der Waals surface area contributed by atoms with Gasteiger partial charge in [0.25, 0.3) is 0 Å². The summed E-state index contributed by atoms with van der Waals surface area (Å²) in [5.74, 6) is -0.809. The number of rotatable bonds is 6. The van der Waals surface area contributed by atoms with Crippen LogP contribution < -0.4 is 16.4 Å². The number of hydrogen-bond donors (Lipinski definition) is 3. The minimum Gasteiger partial charge on any atom is -0.397 e. The predicted octanol–water partition coefficient (Wildman–Crippen LogP) is 1.24. The van der Waals surface area contributed by atoms with Crippen LogP contribution in [0.1, 0.15) is 0 Å². The van der Waals surface area contributed by atoms with Gasteiger partial charge in [-0.25, -0.2) is 4.39 Å². The van der Waals surface area contributed by atoms with Gasteiger partial charge in [-0.2, -0.15) is 0 Å². The van der Waals surface area contributed by atoms with E-state index in [0.717, 1.165) is 6.07 Å². The molecule has 1 amide bonds. The molecule has 18 heavy (non-hydrogen) atoms. The Balaban J connectivity index is 2.48. The summed E-state index contributed by atoms with van der Waals surface area (Å²) in [6.45, 7) is 0.892. The van der Waals surface area contributed by atoms with Crippen molar-refractivity contribution in [2.75, 3.05) is 37.9 Å². The molecular formula is C11H15ClFN3O2. The molecule has 0 heterocycles. The standard InChI is InChI=1S/C11H15ClFN3O2/c1-18-3-2-15-11(17)6-16-10-4-7(12)8(13)5-9(10)14/h4-5,16H,2-3,6,14H2,1H3,(H,15,17). The minimum atomic E-state index is -0.593. The van der Waals surface area contributed by atoms with Crippen LogP contribution in [0, 0.1) is 5.82 Å². The van der Waals surface area contributed by atoms with Crippen LogP contribution in [0.4, 0.5) is 15.8 Å². The van der Waals surface area contributed by atoms with E-state index in [1.807, 2.05) is 0 Å². The van der Waals surface area contributed by atoms with Crippen molar-refractivity contribution in [1.82, 2.24) is 5.32 Å². The molecule has 0 unspecified atom stereocenters. The largest absolute Gasteiger partial charge is 0.397 e. The van der Waals surface area contributed by atoms with E-state index in [-0.39, 0.29) is 23.2 Å². The second-order valence-corrected chi connectivity index (χ2v) is 3.96. The number of nitrogen functional groups attached to an aromatic ring is 1. The van der Waals surface area contributed by atoms with Gasteiger partial charge in [-0.05, 0) is 6.07 Å². The van der Waals surface area contributed by atoms with Gasteiger partial charge in [-0.3, -0.25) is 4.79 Å². The topological polar surface area (TPSA) is 76.4 Å². The number of carbonyl (C=O) groups is 1. The first kappa shape index (κ1) is 14.5. The number of ether oxygens (including phenoxy) is 1. The second kappa shape index (κ2) is 7.03. The van der Waals surface area contributed by atoms with Crippen molar-refractivity contribution in [3.05, 3.63) is 23.0 Å². The van der Waals surface area contributed by atoms with Crippen LogP contribution in [0.15, 0.2) is 12.1 Å². The zero-order chi connectivity index (χ0) is 13.5. The minimum absolute atomic E-state index is 0.0237. The Morgan fingerprint density at radius 2 is 2.28 bits per heavy atom. The van der Waals surface area contributed by atoms with Crippen molar-refractivity contribution in [2.45, 2.75) is 0 Å². The summed E-state index contributed by atoms with van der Waals surface area (Å²) < 4.78 is 17.8. The van der Waals surface area contributed by atoms with Crippen molar-refractivity contribution in [1.29, 1.82) is 0 Å². The molecule has 1 aromatic rings. The SMILES string of the molecule is COCCNC(=O)CNc1cc(Cl)c(F)cc1N. The molecule has 0 atom stereocenters. The molecule has 1 rings (SSSR count). The van der Waals surface area contributed by atoms with E-state index in [1.165, 1.54) is 6.07 Å². The number of hydrogen-bond acceptors (Lipinski definition) is 4. The average molecular weight is 276 g/mol. The summed E-state index contributed by atoms with van der Waals surface area (Å²) in [5, 5.41) is 5.35. The number of nitrogens with two attached hydrogens (primary N) is 1. The number of halogens is 2. The molecule has 0 bridgehead atoms. The fourth-order valence-corrected chi connectivity index (χ4v) is 1.41. The molecule has 0 spiro atoms. The number of nitrogens with one attached hydrogen (secondary N) is 2. The van der Waals surface area contributed by atoms with E-state index in [1.54, 1.807) is 7.11 Å². The molecule has 0 saturated heterocycles. The summed E-state index contributed by atoms with van der Waals surface area (Å²) in [6.07, 6.45) is 0. The lowest BCUT2D eigenvalue weighted by Gasteiger charge is -2.10. The van der Waals surface area contributed by atoms with Crippen LogP contribution in [-0.2, 0) is 9.53 Å². The smallest absolute Gasteiger partial charge is 0.239 e. The van der Waals surface area contributed by atoms with Crippen LogP contribution in [0.2, 0.25) is 5.02 Å². The van der Waals surface area contributed by atoms with E-state index in [9.17, 15) is 9.18 Å². The molecule has 0 aliphatic rings. The number of methoxy groups -OCH3 is 1. The number of amides is 1. The highest BCUT2D eigenvalue weighted by atomic mass is 35.5. The van der Waals surface area contributed by atoms with Crippen LogP contribution in [0.25, 0.3) is 0 Å². The lowest BCUT2D eigenvalue weighted by Crippen LogP contribution is -2.32. The molecule has 0 saturated carbocycles. The zero-order valence-electron chi connectivity index (χ0n) is 9.93. The van der Waals surface area contributed by atoms with Gasteiger partial charge in [-0.1, -0.05) is 11.6 Å². The average Bonchev–Trinajstić information content (AvgIpc) is 2.32. The molecule has 0 aliphatic heterocycles. The normalized spacial score (nSPS) is 10.2. The third-order valence-corrected chi connectivity index (χ3v) is 2.45. The Labute approximate surface area is 109 Å². The predicted molar refractivity (Wildman–Crippen MR) is 69.2 cm³/mol. The maximum Gasteiger partial charge on any atom is 0.239 e. The van der Waals surface area contributed by atoms with Gasteiger partial charge in [0, 0.05) is 19.7 Å². The number of anilines is 2. The zero-order valence-corrected chi connectivity index (χ0v) is 10.7. The fourth-order valence-electron chi connectivity index (χ4n) is 1.25. The molecule has 0 aromatic heterocycles. The molecule has 4 N–H and O–H groups in total. The first-order valence-electron chi connectivity index (χ1n) is 5.28. The van der Waals surface area contributed by atoms with Crippen molar-refractivity contribution < 1.29 is 13.9 Å². The van der Waals surface area contributed by atoms with Crippen LogP contribution in [-0.4, -0.2) is 32.7 Å². The Kier molecular flexibility index (Phi) is 5.67. The van der Waals surface area contributed by atoms with Crippen LogP contribution >= 0.6 is 11.6 Å². The molecule has 0 fully saturated rings. The maximum absolute atomic E-state index is 13.0. The van der Waals surface area contributed by atoms with E-state index >= 15 is 0 Å². The van der Waals surface area contributed by atoms with E-state index < -0.39 is 5.82 Å². The number of carbonyl (C=O) groups excluding carboxylic acids is 1. The fraction of sp³-hybridized carbons (Fsp3) is 0.364. The van der Waals surface area contributed by atoms with Crippen LogP contribution in [0.3, 0.4) is 0 Å². The number of benzene rings is 1. The lowest BCUT2D eigenvalue weighted by molar-refractivity contribution is -0.119. The summed E-state index contributed by atoms with van der Waals surface area (Å²) in [4.78, 5) is 11.4. The van der Waals surface area contributed by atoms with Gasteiger partial charge >= 0.3 is 0 Å². The van der Waals surface area contributed by atoms with Gasteiger partial charge in [0.15, 0.2) is 0 Å². The molecule has 1 aromatic carbocycles. The molecule has 0 radical (unpaired) electrons. The first-order valence-corrected chi connectivity index (χ1v) is 5.66. The van der Waals surface area contributed by atoms with Crippen molar-refractivity contribution in [3.63, 3.8) is 0 Å². The highest BCUT2D eigenvalue weighted by molar-refractivity contribution is 6.31. The first-order chi connectivity index (χ1) is 8.54. The summed E-state index contributed by atoms with van der Waals surface area (Å²) in [7, 11) is 1.55. The van der Waals surface area contributed by atoms with Gasteiger partial charge in [0.1, 0.15) is 5.82 Å². The molecule has 0 aliphatic carbocycles. The van der Waals surface area contributed by atoms with E-state index in [0.29, 0.717) is 18.8 Å². The quantitative estimate of drug-likeness (QED) is 0.539. The molecule has 7 heteroatoms. The van der Waals surface area contributed by atoms with Crippen molar-refractivity contribution in [2.24, 2.45) is 0 Å². The highest BCUT2D eigenvalue weighted by Gasteiger charge is 2.07. The van der Waals surface area contributed by atoms with Gasteiger partial charge < -0.3 is 21.1 Å². The Hall–Kier alpha value is -1.53. The molecule has 100 valence electrons. The third kappa shape index (κ3) is 4.38. The summed E-state index contributed by atoms with van der Waals surface area (Å²) in [6, 6.07) is 2.45. The second-order valence-electron chi connectivity index (χ2n) is 3.55. The third-order valence-electron chi connectivity index (χ3n) is 2.16. The van der Waals surface area contributed by atoms with Gasteiger partial charge in [0.2, 0.25) is 5.91 Å². The monoisotopic (exact) mass is 275 g/mol. The van der Waals surface area contributed by atoms with Crippen LogP contribution in [0.5, 0.6) is 0 Å². The maximum atomic E-state index is 13.0. The molecular weight excluding hydrogens is 261 g/mol. The summed E-state index contributed by atoms with van der Waals surface area (Å²) in [5.41, 5.74) is 6.20. The summed E-state index contributed by atoms with van der Waals surface area (Å²) >= 11 is 5.62. The Morgan fingerprint density at radius 3 is 2.94 bits per heavy atom. The van der Waals surface area contributed by atoms with E-state index in [4.69, 9.17) is 22.1 Å². The van der Waals surface area contributed by atoms with Gasteiger partial charge in [0.05, 0.1) is 29.5 Å². The Morgan fingerprint density at radius 1 is 1.56 bits per heavy atom. The molecule has 5 nitrogen and oxygen atoms in total. The van der Waals surface area contributed by atoms with Crippen molar-refractivity contribution >= 4 is 28.9 Å². The lowest BCUT2D eigenvalue weighted by atomic mass is 10.2. The van der Waals surface area contributed by atoms with E-state index in [2.05, 4.69) is 10.6 Å². The Bertz CT molecular complexity index is 429. The highest BCUT2D eigenvalue weighted by Crippen LogP contribution is 2.25.